The summed E-state index contributed by atoms with van der Waals surface area (Å²) in [6.07, 6.45) is -1.20. The molecule has 2 nitrogen and oxygen atoms in total. The Morgan fingerprint density at radius 3 is 2.64 bits per heavy atom. The van der Waals surface area contributed by atoms with Crippen molar-refractivity contribution in [1.29, 1.82) is 0 Å². The lowest BCUT2D eigenvalue weighted by Gasteiger charge is -2.17. The van der Waals surface area contributed by atoms with Crippen molar-refractivity contribution in [3.8, 4) is 0 Å². The minimum Gasteiger partial charge on any atom is -0.313 e. The molecule has 0 fully saturated rings. The van der Waals surface area contributed by atoms with Crippen LogP contribution < -0.4 is 5.32 Å². The molecule has 0 atom stereocenters. The summed E-state index contributed by atoms with van der Waals surface area (Å²) in [5, 5.41) is 3.18. The SMILES string of the molecule is C=C(CNCCC)CN(C)CC(F)F. The van der Waals surface area contributed by atoms with E-state index in [0.29, 0.717) is 13.1 Å². The van der Waals surface area contributed by atoms with Crippen LogP contribution >= 0.6 is 0 Å². The van der Waals surface area contributed by atoms with Crippen LogP contribution in [0.3, 0.4) is 0 Å². The first kappa shape index (κ1) is 13.5. The maximum atomic E-state index is 12.0. The van der Waals surface area contributed by atoms with Crippen LogP contribution in [0, 0.1) is 0 Å². The van der Waals surface area contributed by atoms with Gasteiger partial charge in [0.05, 0.1) is 6.54 Å². The Morgan fingerprint density at radius 2 is 2.14 bits per heavy atom. The third kappa shape index (κ3) is 8.13. The van der Waals surface area contributed by atoms with Crippen molar-refractivity contribution >= 4 is 0 Å². The van der Waals surface area contributed by atoms with Crippen molar-refractivity contribution in [3.05, 3.63) is 12.2 Å². The van der Waals surface area contributed by atoms with E-state index in [4.69, 9.17) is 0 Å². The van der Waals surface area contributed by atoms with Gasteiger partial charge in [-0.15, -0.1) is 0 Å². The standard InChI is InChI=1S/C10H20F2N2/c1-4-5-13-6-9(2)7-14(3)8-10(11)12/h10,13H,2,4-8H2,1,3H3. The molecule has 0 spiro atoms. The molecule has 0 aromatic rings. The molecule has 4 heteroatoms. The van der Waals surface area contributed by atoms with E-state index in [9.17, 15) is 8.78 Å². The molecule has 0 rings (SSSR count). The van der Waals surface area contributed by atoms with Crippen molar-refractivity contribution in [2.45, 2.75) is 19.8 Å². The molecule has 0 amide bonds. The van der Waals surface area contributed by atoms with Crippen LogP contribution in [0.1, 0.15) is 13.3 Å². The quantitative estimate of drug-likeness (QED) is 0.480. The Bertz CT molecular complexity index is 160. The maximum absolute atomic E-state index is 12.0. The smallest absolute Gasteiger partial charge is 0.251 e. The lowest BCUT2D eigenvalue weighted by molar-refractivity contribution is 0.104. The van der Waals surface area contributed by atoms with E-state index in [0.717, 1.165) is 18.5 Å². The molecule has 0 aliphatic heterocycles. The van der Waals surface area contributed by atoms with E-state index in [1.165, 1.54) is 0 Å². The topological polar surface area (TPSA) is 15.3 Å². The molecule has 0 aliphatic rings. The van der Waals surface area contributed by atoms with E-state index in [1.54, 1.807) is 11.9 Å². The van der Waals surface area contributed by atoms with E-state index in [1.807, 2.05) is 0 Å². The summed E-state index contributed by atoms with van der Waals surface area (Å²) in [5.41, 5.74) is 0.946. The summed E-state index contributed by atoms with van der Waals surface area (Å²) >= 11 is 0. The molecule has 0 aromatic carbocycles. The number of nitrogens with zero attached hydrogens (tertiary/aromatic N) is 1. The van der Waals surface area contributed by atoms with Crippen LogP contribution in [0.15, 0.2) is 12.2 Å². The van der Waals surface area contributed by atoms with Gasteiger partial charge in [-0.25, -0.2) is 8.78 Å². The van der Waals surface area contributed by atoms with Gasteiger partial charge in [0, 0.05) is 13.1 Å². The van der Waals surface area contributed by atoms with Crippen molar-refractivity contribution in [2.75, 3.05) is 33.2 Å². The van der Waals surface area contributed by atoms with E-state index >= 15 is 0 Å². The van der Waals surface area contributed by atoms with Gasteiger partial charge >= 0.3 is 0 Å². The molecule has 0 aromatic heterocycles. The summed E-state index contributed by atoms with van der Waals surface area (Å²) in [6.45, 7) is 7.90. The van der Waals surface area contributed by atoms with Gasteiger partial charge in [0.25, 0.3) is 6.43 Å². The van der Waals surface area contributed by atoms with Crippen molar-refractivity contribution in [1.82, 2.24) is 10.2 Å². The maximum Gasteiger partial charge on any atom is 0.251 e. The highest BCUT2D eigenvalue weighted by molar-refractivity contribution is 4.99. The second kappa shape index (κ2) is 7.88. The lowest BCUT2D eigenvalue weighted by atomic mass is 10.3. The van der Waals surface area contributed by atoms with Crippen molar-refractivity contribution in [2.24, 2.45) is 0 Å². The van der Waals surface area contributed by atoms with Crippen LogP contribution in [0.5, 0.6) is 0 Å². The first-order valence-electron chi connectivity index (χ1n) is 4.90. The fourth-order valence-corrected chi connectivity index (χ4v) is 1.18. The van der Waals surface area contributed by atoms with Crippen LogP contribution in [-0.2, 0) is 0 Å². The molecule has 0 radical (unpaired) electrons. The largest absolute Gasteiger partial charge is 0.313 e. The number of alkyl halides is 2. The predicted molar refractivity (Wildman–Crippen MR) is 55.8 cm³/mol. The molecule has 0 saturated carbocycles. The van der Waals surface area contributed by atoms with Crippen LogP contribution in [0.4, 0.5) is 8.78 Å². The van der Waals surface area contributed by atoms with Crippen LogP contribution in [0.25, 0.3) is 0 Å². The van der Waals surface area contributed by atoms with E-state index in [2.05, 4.69) is 18.8 Å². The minimum atomic E-state index is -2.27. The van der Waals surface area contributed by atoms with Gasteiger partial charge < -0.3 is 5.32 Å². The number of hydrogen-bond donors (Lipinski definition) is 1. The predicted octanol–water partition coefficient (Wildman–Crippen LogP) is 1.74. The fourth-order valence-electron chi connectivity index (χ4n) is 1.18. The van der Waals surface area contributed by atoms with Gasteiger partial charge in [0.2, 0.25) is 0 Å². The highest BCUT2D eigenvalue weighted by atomic mass is 19.3. The lowest BCUT2D eigenvalue weighted by Crippen LogP contribution is -2.29. The monoisotopic (exact) mass is 206 g/mol. The molecule has 0 aliphatic carbocycles. The Labute approximate surface area is 85.0 Å². The zero-order chi connectivity index (χ0) is 11.0. The molecule has 0 heterocycles. The second-order valence-corrected chi connectivity index (χ2v) is 3.51. The van der Waals surface area contributed by atoms with E-state index in [-0.39, 0.29) is 6.54 Å². The summed E-state index contributed by atoms with van der Waals surface area (Å²) < 4.78 is 23.9. The molecule has 1 N–H and O–H groups in total. The van der Waals surface area contributed by atoms with Gasteiger partial charge in [-0.3, -0.25) is 4.90 Å². The number of nitrogens with one attached hydrogen (secondary N) is 1. The third-order valence-electron chi connectivity index (χ3n) is 1.74. The molecule has 0 saturated heterocycles. The summed E-state index contributed by atoms with van der Waals surface area (Å²) in [4.78, 5) is 1.58. The normalized spacial score (nSPS) is 11.3. The molecular weight excluding hydrogens is 186 g/mol. The van der Waals surface area contributed by atoms with Crippen molar-refractivity contribution in [3.63, 3.8) is 0 Å². The molecule has 84 valence electrons. The summed E-state index contributed by atoms with van der Waals surface area (Å²) in [5.74, 6) is 0. The molecule has 14 heavy (non-hydrogen) atoms. The Kier molecular flexibility index (Phi) is 7.61. The second-order valence-electron chi connectivity index (χ2n) is 3.51. The van der Waals surface area contributed by atoms with E-state index < -0.39 is 6.43 Å². The fraction of sp³-hybridized carbons (Fsp3) is 0.800. The zero-order valence-electron chi connectivity index (χ0n) is 9.02. The van der Waals surface area contributed by atoms with Gasteiger partial charge in [-0.1, -0.05) is 13.5 Å². The average Bonchev–Trinajstić information content (AvgIpc) is 2.02. The third-order valence-corrected chi connectivity index (χ3v) is 1.74. The number of rotatable bonds is 8. The van der Waals surface area contributed by atoms with Crippen LogP contribution in [-0.4, -0.2) is 44.6 Å². The molecule has 0 unspecified atom stereocenters. The Hall–Kier alpha value is -0.480. The first-order valence-corrected chi connectivity index (χ1v) is 4.90. The minimum absolute atomic E-state index is 0.188. The summed E-state index contributed by atoms with van der Waals surface area (Å²) in [7, 11) is 1.68. The van der Waals surface area contributed by atoms with Gasteiger partial charge in [-0.2, -0.15) is 0 Å². The first-order chi connectivity index (χ1) is 6.56. The number of likely N-dealkylation sites (N-methyl/N-ethyl adjacent to an activating group) is 1. The highest BCUT2D eigenvalue weighted by Crippen LogP contribution is 1.98. The Balaban J connectivity index is 3.50. The Morgan fingerprint density at radius 1 is 1.50 bits per heavy atom. The molecule has 0 bridgehead atoms. The van der Waals surface area contributed by atoms with Crippen molar-refractivity contribution < 1.29 is 8.78 Å². The van der Waals surface area contributed by atoms with Gasteiger partial charge in [0.15, 0.2) is 0 Å². The number of hydrogen-bond acceptors (Lipinski definition) is 2. The zero-order valence-corrected chi connectivity index (χ0v) is 9.02. The highest BCUT2D eigenvalue weighted by Gasteiger charge is 2.07. The average molecular weight is 206 g/mol. The van der Waals surface area contributed by atoms with Crippen LogP contribution in [0.2, 0.25) is 0 Å². The summed E-state index contributed by atoms with van der Waals surface area (Å²) in [6, 6.07) is 0. The van der Waals surface area contributed by atoms with Gasteiger partial charge in [0.1, 0.15) is 0 Å². The van der Waals surface area contributed by atoms with Gasteiger partial charge in [-0.05, 0) is 25.6 Å². The number of halogens is 2. The molecular formula is C10H20F2N2.